The Bertz CT molecular complexity index is 862. The molecule has 0 aliphatic heterocycles. The molecule has 0 aliphatic rings. The molecular weight excluding hydrogens is 326 g/mol. The fourth-order valence-corrected chi connectivity index (χ4v) is 2.89. The first-order chi connectivity index (χ1) is 12.7. The molecule has 0 saturated carbocycles. The summed E-state index contributed by atoms with van der Waals surface area (Å²) in [5, 5.41) is 9.27. The van der Waals surface area contributed by atoms with Gasteiger partial charge in [0.15, 0.2) is 0 Å². The summed E-state index contributed by atoms with van der Waals surface area (Å²) in [6.45, 7) is 0.479. The van der Waals surface area contributed by atoms with E-state index in [2.05, 4.69) is 4.98 Å². The topological polar surface area (TPSA) is 59.4 Å². The van der Waals surface area contributed by atoms with Crippen LogP contribution in [-0.4, -0.2) is 16.1 Å². The number of aromatic nitrogens is 1. The molecule has 0 spiro atoms. The summed E-state index contributed by atoms with van der Waals surface area (Å²) < 4.78 is 5.88. The molecule has 1 N–H and O–H groups in total. The maximum Gasteiger partial charge on any atom is 0.335 e. The third-order valence-electron chi connectivity index (χ3n) is 4.21. The largest absolute Gasteiger partial charge is 0.478 e. The van der Waals surface area contributed by atoms with E-state index in [0.717, 1.165) is 29.5 Å². The van der Waals surface area contributed by atoms with Crippen LogP contribution < -0.4 is 4.74 Å². The van der Waals surface area contributed by atoms with Gasteiger partial charge in [-0.15, -0.1) is 0 Å². The number of hydrogen-bond donors (Lipinski definition) is 1. The van der Waals surface area contributed by atoms with Crippen molar-refractivity contribution in [3.05, 3.63) is 95.2 Å². The second kappa shape index (κ2) is 8.81. The molecule has 0 saturated heterocycles. The maximum atomic E-state index is 11.3. The van der Waals surface area contributed by atoms with Crippen LogP contribution in [0.1, 0.15) is 33.5 Å². The van der Waals surface area contributed by atoms with E-state index >= 15 is 0 Å². The SMILES string of the molecule is O=C(O)c1ccccc1CCCc1cccnc1OCc1ccccc1. The van der Waals surface area contributed by atoms with E-state index in [1.807, 2.05) is 54.6 Å². The zero-order valence-electron chi connectivity index (χ0n) is 14.5. The van der Waals surface area contributed by atoms with Gasteiger partial charge in [-0.1, -0.05) is 54.6 Å². The standard InChI is InChI=1S/C22H21NO3/c24-22(25)20-14-5-4-10-18(20)11-6-12-19-13-7-15-23-21(19)26-16-17-8-2-1-3-9-17/h1-5,7-10,13-15H,6,11-12,16H2,(H,24,25). The van der Waals surface area contributed by atoms with Crippen LogP contribution in [0.4, 0.5) is 0 Å². The van der Waals surface area contributed by atoms with Crippen molar-refractivity contribution in [3.63, 3.8) is 0 Å². The highest BCUT2D eigenvalue weighted by molar-refractivity contribution is 5.89. The Morgan fingerprint density at radius 2 is 1.58 bits per heavy atom. The summed E-state index contributed by atoms with van der Waals surface area (Å²) in [6, 6.07) is 21.0. The number of pyridine rings is 1. The van der Waals surface area contributed by atoms with E-state index in [1.54, 1.807) is 18.3 Å². The van der Waals surface area contributed by atoms with Gasteiger partial charge in [-0.2, -0.15) is 0 Å². The van der Waals surface area contributed by atoms with Crippen molar-refractivity contribution in [2.24, 2.45) is 0 Å². The molecule has 132 valence electrons. The zero-order chi connectivity index (χ0) is 18.2. The quantitative estimate of drug-likeness (QED) is 0.650. The fourth-order valence-electron chi connectivity index (χ4n) is 2.89. The van der Waals surface area contributed by atoms with Gasteiger partial charge in [-0.3, -0.25) is 0 Å². The molecule has 0 bridgehead atoms. The summed E-state index contributed by atoms with van der Waals surface area (Å²) in [5.41, 5.74) is 3.37. The summed E-state index contributed by atoms with van der Waals surface area (Å²) >= 11 is 0. The fraction of sp³-hybridized carbons (Fsp3) is 0.182. The molecule has 4 heteroatoms. The van der Waals surface area contributed by atoms with E-state index in [1.165, 1.54) is 0 Å². The number of aryl methyl sites for hydroxylation is 2. The number of rotatable bonds is 8. The Hall–Kier alpha value is -3.14. The minimum atomic E-state index is -0.881. The molecule has 1 aromatic heterocycles. The monoisotopic (exact) mass is 347 g/mol. The third-order valence-corrected chi connectivity index (χ3v) is 4.21. The minimum Gasteiger partial charge on any atom is -0.478 e. The number of aromatic carboxylic acids is 1. The zero-order valence-corrected chi connectivity index (χ0v) is 14.5. The molecule has 0 amide bonds. The lowest BCUT2D eigenvalue weighted by Crippen LogP contribution is -2.04. The van der Waals surface area contributed by atoms with Gasteiger partial charge in [0.1, 0.15) is 6.61 Å². The number of hydrogen-bond acceptors (Lipinski definition) is 3. The van der Waals surface area contributed by atoms with Gasteiger partial charge < -0.3 is 9.84 Å². The van der Waals surface area contributed by atoms with Crippen molar-refractivity contribution in [2.75, 3.05) is 0 Å². The molecule has 0 aliphatic carbocycles. The van der Waals surface area contributed by atoms with Crippen LogP contribution in [0.3, 0.4) is 0 Å². The highest BCUT2D eigenvalue weighted by atomic mass is 16.5. The Balaban J connectivity index is 1.61. The average molecular weight is 347 g/mol. The molecule has 0 radical (unpaired) electrons. The van der Waals surface area contributed by atoms with Crippen molar-refractivity contribution < 1.29 is 14.6 Å². The molecule has 0 atom stereocenters. The number of nitrogens with zero attached hydrogens (tertiary/aromatic N) is 1. The van der Waals surface area contributed by atoms with E-state index in [4.69, 9.17) is 4.74 Å². The Morgan fingerprint density at radius 3 is 2.38 bits per heavy atom. The van der Waals surface area contributed by atoms with Gasteiger partial charge >= 0.3 is 5.97 Å². The summed E-state index contributed by atoms with van der Waals surface area (Å²) in [5.74, 6) is -0.239. The highest BCUT2D eigenvalue weighted by Crippen LogP contribution is 2.20. The molecule has 4 nitrogen and oxygen atoms in total. The average Bonchev–Trinajstić information content (AvgIpc) is 2.68. The van der Waals surface area contributed by atoms with Gasteiger partial charge in [0.2, 0.25) is 5.88 Å². The molecule has 26 heavy (non-hydrogen) atoms. The van der Waals surface area contributed by atoms with Gasteiger partial charge in [-0.05, 0) is 42.5 Å². The predicted molar refractivity (Wildman–Crippen MR) is 100 cm³/mol. The smallest absolute Gasteiger partial charge is 0.335 e. The van der Waals surface area contributed by atoms with Gasteiger partial charge in [0.25, 0.3) is 0 Å². The first-order valence-electron chi connectivity index (χ1n) is 8.66. The number of carboxylic acid groups (broad SMARTS) is 1. The Labute approximate surface area is 153 Å². The van der Waals surface area contributed by atoms with Gasteiger partial charge in [0, 0.05) is 11.8 Å². The van der Waals surface area contributed by atoms with E-state index in [-0.39, 0.29) is 0 Å². The van der Waals surface area contributed by atoms with Crippen LogP contribution in [0.15, 0.2) is 72.9 Å². The molecule has 3 rings (SSSR count). The molecule has 0 fully saturated rings. The van der Waals surface area contributed by atoms with Crippen LogP contribution in [0, 0.1) is 0 Å². The first kappa shape index (κ1) is 17.7. The van der Waals surface area contributed by atoms with Gasteiger partial charge in [0.05, 0.1) is 5.56 Å². The number of benzene rings is 2. The van der Waals surface area contributed by atoms with Crippen molar-refractivity contribution >= 4 is 5.97 Å². The number of carboxylic acids is 1. The second-order valence-electron chi connectivity index (χ2n) is 6.06. The van der Waals surface area contributed by atoms with Crippen LogP contribution >= 0.6 is 0 Å². The van der Waals surface area contributed by atoms with E-state index in [0.29, 0.717) is 24.5 Å². The van der Waals surface area contributed by atoms with E-state index in [9.17, 15) is 9.90 Å². The van der Waals surface area contributed by atoms with Gasteiger partial charge in [-0.25, -0.2) is 9.78 Å². The molecule has 1 heterocycles. The molecular formula is C22H21NO3. The number of ether oxygens (including phenoxy) is 1. The predicted octanol–water partition coefficient (Wildman–Crippen LogP) is 4.53. The Kier molecular flexibility index (Phi) is 5.99. The summed E-state index contributed by atoms with van der Waals surface area (Å²) in [7, 11) is 0. The van der Waals surface area contributed by atoms with E-state index < -0.39 is 5.97 Å². The maximum absolute atomic E-state index is 11.3. The molecule has 0 unspecified atom stereocenters. The van der Waals surface area contributed by atoms with Crippen LogP contribution in [0.2, 0.25) is 0 Å². The van der Waals surface area contributed by atoms with Crippen LogP contribution in [-0.2, 0) is 19.4 Å². The lowest BCUT2D eigenvalue weighted by Gasteiger charge is -2.11. The molecule has 2 aromatic carbocycles. The molecule has 3 aromatic rings. The van der Waals surface area contributed by atoms with Crippen LogP contribution in [0.5, 0.6) is 5.88 Å². The highest BCUT2D eigenvalue weighted by Gasteiger charge is 2.10. The summed E-state index contributed by atoms with van der Waals surface area (Å²) in [4.78, 5) is 15.6. The first-order valence-corrected chi connectivity index (χ1v) is 8.66. The lowest BCUT2D eigenvalue weighted by atomic mass is 10.0. The van der Waals surface area contributed by atoms with Crippen molar-refractivity contribution in [3.8, 4) is 5.88 Å². The lowest BCUT2D eigenvalue weighted by molar-refractivity contribution is 0.0695. The van der Waals surface area contributed by atoms with Crippen molar-refractivity contribution in [1.29, 1.82) is 0 Å². The summed E-state index contributed by atoms with van der Waals surface area (Å²) in [6.07, 6.45) is 4.04. The Morgan fingerprint density at radius 1 is 0.885 bits per heavy atom. The van der Waals surface area contributed by atoms with Crippen LogP contribution in [0.25, 0.3) is 0 Å². The van der Waals surface area contributed by atoms with Crippen molar-refractivity contribution in [1.82, 2.24) is 4.98 Å². The normalized spacial score (nSPS) is 10.5. The van der Waals surface area contributed by atoms with Crippen molar-refractivity contribution in [2.45, 2.75) is 25.9 Å². The second-order valence-corrected chi connectivity index (χ2v) is 6.06. The minimum absolute atomic E-state index is 0.374. The third kappa shape index (κ3) is 4.70. The number of carbonyl (C=O) groups is 1.